The van der Waals surface area contributed by atoms with Gasteiger partial charge in [-0.25, -0.2) is 4.79 Å². The second-order valence-corrected chi connectivity index (χ2v) is 10.1. The highest BCUT2D eigenvalue weighted by molar-refractivity contribution is 5.79. The number of nitrogens with zero attached hydrogens (tertiary/aromatic N) is 1. The maximum absolute atomic E-state index is 13.0. The van der Waals surface area contributed by atoms with Crippen molar-refractivity contribution in [2.75, 3.05) is 13.1 Å². The van der Waals surface area contributed by atoms with E-state index in [1.54, 1.807) is 0 Å². The van der Waals surface area contributed by atoms with Gasteiger partial charge in [-0.1, -0.05) is 41.7 Å². The summed E-state index contributed by atoms with van der Waals surface area (Å²) in [5, 5.41) is 0. The van der Waals surface area contributed by atoms with Gasteiger partial charge in [-0.2, -0.15) is 0 Å². The Bertz CT molecular complexity index is 586. The molecule has 1 heterocycles. The van der Waals surface area contributed by atoms with Crippen LogP contribution in [0.5, 0.6) is 0 Å². The molecule has 1 unspecified atom stereocenters. The van der Waals surface area contributed by atoms with Crippen LogP contribution in [0.4, 0.5) is 0 Å². The molecule has 1 saturated heterocycles. The Labute approximate surface area is 180 Å². The number of hydrogen-bond donors (Lipinski definition) is 0. The minimum Gasteiger partial charge on any atom is -0.461 e. The second kappa shape index (κ2) is 10.7. The number of rotatable bonds is 5. The SMILES string of the molecule is C.C.CC(C)OC(=O)[C@@H](OC(C)(C)C)C1=C(N2CCC(C)(C)CC2)C=CCC1C. The lowest BCUT2D eigenvalue weighted by Crippen LogP contribution is -2.43. The van der Waals surface area contributed by atoms with Crippen molar-refractivity contribution in [3.05, 3.63) is 23.4 Å². The maximum atomic E-state index is 13.0. The van der Waals surface area contributed by atoms with E-state index in [0.29, 0.717) is 5.41 Å². The molecule has 0 saturated carbocycles. The van der Waals surface area contributed by atoms with Crippen molar-refractivity contribution in [2.24, 2.45) is 11.3 Å². The van der Waals surface area contributed by atoms with Crippen LogP contribution in [0.1, 0.15) is 89.5 Å². The fourth-order valence-corrected chi connectivity index (χ4v) is 3.78. The monoisotopic (exact) mass is 409 g/mol. The van der Waals surface area contributed by atoms with Crippen molar-refractivity contribution < 1.29 is 14.3 Å². The summed E-state index contributed by atoms with van der Waals surface area (Å²) >= 11 is 0. The molecule has 2 aliphatic rings. The number of ether oxygens (including phenoxy) is 2. The van der Waals surface area contributed by atoms with Crippen molar-refractivity contribution in [2.45, 2.75) is 107 Å². The van der Waals surface area contributed by atoms with Gasteiger partial charge < -0.3 is 14.4 Å². The first-order valence-corrected chi connectivity index (χ1v) is 10.4. The van der Waals surface area contributed by atoms with Gasteiger partial charge in [0, 0.05) is 18.8 Å². The zero-order valence-corrected chi connectivity index (χ0v) is 18.6. The molecule has 29 heavy (non-hydrogen) atoms. The molecular formula is C25H47NO3. The first-order chi connectivity index (χ1) is 12.4. The van der Waals surface area contributed by atoms with E-state index in [9.17, 15) is 4.79 Å². The summed E-state index contributed by atoms with van der Waals surface area (Å²) in [5.74, 6) is -0.0149. The van der Waals surface area contributed by atoms with Gasteiger partial charge in [0.2, 0.25) is 0 Å². The minimum atomic E-state index is -0.655. The Morgan fingerprint density at radius 3 is 2.21 bits per heavy atom. The molecule has 4 nitrogen and oxygen atoms in total. The summed E-state index contributed by atoms with van der Waals surface area (Å²) in [7, 11) is 0. The molecule has 1 aliphatic carbocycles. The fraction of sp³-hybridized carbons (Fsp3) is 0.800. The fourth-order valence-electron chi connectivity index (χ4n) is 3.78. The molecule has 170 valence electrons. The van der Waals surface area contributed by atoms with Crippen LogP contribution in [0.3, 0.4) is 0 Å². The van der Waals surface area contributed by atoms with Crippen LogP contribution in [0.15, 0.2) is 23.4 Å². The number of carbonyl (C=O) groups is 1. The van der Waals surface area contributed by atoms with E-state index >= 15 is 0 Å². The smallest absolute Gasteiger partial charge is 0.339 e. The summed E-state index contributed by atoms with van der Waals surface area (Å²) in [4.78, 5) is 15.4. The Balaban J connectivity index is 0.00000392. The van der Waals surface area contributed by atoms with Gasteiger partial charge in [0.15, 0.2) is 6.10 Å². The molecule has 0 aromatic carbocycles. The third-order valence-electron chi connectivity index (χ3n) is 5.37. The normalized spacial score (nSPS) is 22.7. The summed E-state index contributed by atoms with van der Waals surface area (Å²) in [5.41, 5.74) is 2.21. The molecule has 0 aromatic rings. The highest BCUT2D eigenvalue weighted by Gasteiger charge is 2.37. The van der Waals surface area contributed by atoms with Gasteiger partial charge in [0.05, 0.1) is 11.7 Å². The topological polar surface area (TPSA) is 38.8 Å². The van der Waals surface area contributed by atoms with E-state index in [0.717, 1.165) is 37.9 Å². The number of hydrogen-bond acceptors (Lipinski definition) is 4. The molecule has 0 N–H and O–H groups in total. The standard InChI is InChI=1S/C23H39NO3.2CH4/c1-16(2)26-21(25)20(27-22(4,5)6)19-17(3)10-9-11-18(19)24-14-12-23(7,8)13-15-24;;/h9,11,16-17,20H,10,12-15H2,1-8H3;2*1H4/t17?,20-;;/m0../s1. The first-order valence-electron chi connectivity index (χ1n) is 10.4. The maximum Gasteiger partial charge on any atom is 0.339 e. The molecule has 0 aromatic heterocycles. The highest BCUT2D eigenvalue weighted by atomic mass is 16.6. The van der Waals surface area contributed by atoms with Gasteiger partial charge in [0.1, 0.15) is 0 Å². The third kappa shape index (κ3) is 7.81. The van der Waals surface area contributed by atoms with Gasteiger partial charge in [0.25, 0.3) is 0 Å². The molecular weight excluding hydrogens is 362 g/mol. The third-order valence-corrected chi connectivity index (χ3v) is 5.37. The van der Waals surface area contributed by atoms with E-state index in [2.05, 4.69) is 37.8 Å². The number of carbonyl (C=O) groups excluding carboxylic acids is 1. The summed E-state index contributed by atoms with van der Waals surface area (Å²) in [6.07, 6.45) is 6.85. The quantitative estimate of drug-likeness (QED) is 0.495. The number of piperidine rings is 1. The lowest BCUT2D eigenvalue weighted by atomic mass is 9.81. The Kier molecular flexibility index (Phi) is 10.2. The van der Waals surface area contributed by atoms with Crippen LogP contribution >= 0.6 is 0 Å². The Morgan fingerprint density at radius 2 is 1.72 bits per heavy atom. The van der Waals surface area contributed by atoms with E-state index < -0.39 is 11.7 Å². The van der Waals surface area contributed by atoms with Crippen LogP contribution in [-0.2, 0) is 14.3 Å². The van der Waals surface area contributed by atoms with Crippen molar-refractivity contribution in [3.63, 3.8) is 0 Å². The summed E-state index contributed by atoms with van der Waals surface area (Å²) < 4.78 is 11.9. The van der Waals surface area contributed by atoms with Gasteiger partial charge in [-0.3, -0.25) is 0 Å². The predicted octanol–water partition coefficient (Wildman–Crippen LogP) is 6.37. The van der Waals surface area contributed by atoms with E-state index in [1.165, 1.54) is 5.70 Å². The van der Waals surface area contributed by atoms with E-state index in [-0.39, 0.29) is 32.8 Å². The summed E-state index contributed by atoms with van der Waals surface area (Å²) in [6.45, 7) is 18.7. The van der Waals surface area contributed by atoms with Gasteiger partial charge in [-0.15, -0.1) is 0 Å². The van der Waals surface area contributed by atoms with Crippen LogP contribution in [0, 0.1) is 11.3 Å². The van der Waals surface area contributed by atoms with Crippen molar-refractivity contribution in [3.8, 4) is 0 Å². The molecule has 0 spiro atoms. The molecule has 1 fully saturated rings. The molecule has 2 rings (SSSR count). The predicted molar refractivity (Wildman–Crippen MR) is 124 cm³/mol. The average molecular weight is 410 g/mol. The lowest BCUT2D eigenvalue weighted by Gasteiger charge is -2.42. The number of esters is 1. The van der Waals surface area contributed by atoms with Crippen LogP contribution < -0.4 is 0 Å². The largest absolute Gasteiger partial charge is 0.461 e. The zero-order valence-electron chi connectivity index (χ0n) is 18.6. The van der Waals surface area contributed by atoms with Crippen LogP contribution in [0.2, 0.25) is 0 Å². The molecule has 4 heteroatoms. The first kappa shape index (κ1) is 27.7. The molecule has 0 radical (unpaired) electrons. The molecule has 1 aliphatic heterocycles. The average Bonchev–Trinajstić information content (AvgIpc) is 2.51. The second-order valence-electron chi connectivity index (χ2n) is 10.1. The highest BCUT2D eigenvalue weighted by Crippen LogP contribution is 2.37. The van der Waals surface area contributed by atoms with Crippen molar-refractivity contribution >= 4 is 5.97 Å². The van der Waals surface area contributed by atoms with Gasteiger partial charge >= 0.3 is 5.97 Å². The molecule has 0 bridgehead atoms. The van der Waals surface area contributed by atoms with E-state index in [4.69, 9.17) is 9.47 Å². The Morgan fingerprint density at radius 1 is 1.17 bits per heavy atom. The zero-order chi connectivity index (χ0) is 20.4. The summed E-state index contributed by atoms with van der Waals surface area (Å²) in [6, 6.07) is 0. The number of allylic oxidation sites excluding steroid dienone is 2. The molecule has 2 atom stereocenters. The van der Waals surface area contributed by atoms with E-state index in [1.807, 2.05) is 34.6 Å². The lowest BCUT2D eigenvalue weighted by molar-refractivity contribution is -0.167. The van der Waals surface area contributed by atoms with Crippen molar-refractivity contribution in [1.29, 1.82) is 0 Å². The Hall–Kier alpha value is -1.29. The van der Waals surface area contributed by atoms with Crippen LogP contribution in [-0.4, -0.2) is 41.8 Å². The molecule has 0 amide bonds. The minimum absolute atomic E-state index is 0. The van der Waals surface area contributed by atoms with Crippen molar-refractivity contribution in [1.82, 2.24) is 4.90 Å². The van der Waals surface area contributed by atoms with Gasteiger partial charge in [-0.05, 0) is 76.9 Å². The van der Waals surface area contributed by atoms with Crippen LogP contribution in [0.25, 0.3) is 0 Å². The number of likely N-dealkylation sites (tertiary alicyclic amines) is 1.